The molecule has 0 spiro atoms. The summed E-state index contributed by atoms with van der Waals surface area (Å²) in [5.41, 5.74) is 1.45. The third kappa shape index (κ3) is 3.72. The smallest absolute Gasteiger partial charge is 0.271 e. The summed E-state index contributed by atoms with van der Waals surface area (Å²) in [7, 11) is 4.58. The fraction of sp³-hybridized carbons (Fsp3) is 0.148. The lowest BCUT2D eigenvalue weighted by atomic mass is 10.1. The molecule has 2 aromatic heterocycles. The summed E-state index contributed by atoms with van der Waals surface area (Å²) in [6.45, 7) is 1.97. The number of ether oxygens (including phenoxy) is 3. The largest absolute Gasteiger partial charge is 0.493 e. The van der Waals surface area contributed by atoms with E-state index in [-0.39, 0.29) is 10.8 Å². The minimum atomic E-state index is -0.436. The van der Waals surface area contributed by atoms with Crippen molar-refractivity contribution >= 4 is 31.6 Å². The van der Waals surface area contributed by atoms with Gasteiger partial charge in [-0.3, -0.25) is 14.2 Å². The number of methoxy groups -OCH3 is 3. The molecule has 0 fully saturated rings. The molecule has 0 bridgehead atoms. The molecule has 0 aliphatic rings. The van der Waals surface area contributed by atoms with Crippen molar-refractivity contribution in [1.82, 2.24) is 9.55 Å². The van der Waals surface area contributed by atoms with Crippen LogP contribution < -0.4 is 25.2 Å². The van der Waals surface area contributed by atoms with Crippen molar-refractivity contribution in [2.75, 3.05) is 21.3 Å². The summed E-state index contributed by atoms with van der Waals surface area (Å²) < 4.78 is 18.7. The van der Waals surface area contributed by atoms with Crippen LogP contribution in [0.25, 0.3) is 37.4 Å². The van der Waals surface area contributed by atoms with Gasteiger partial charge in [-0.25, -0.2) is 4.98 Å². The highest BCUT2D eigenvalue weighted by Crippen LogP contribution is 2.41. The van der Waals surface area contributed by atoms with Crippen LogP contribution in [0.4, 0.5) is 0 Å². The highest BCUT2D eigenvalue weighted by Gasteiger charge is 2.22. The van der Waals surface area contributed by atoms with E-state index in [4.69, 9.17) is 19.2 Å². The van der Waals surface area contributed by atoms with Gasteiger partial charge >= 0.3 is 0 Å². The Kier molecular flexibility index (Phi) is 5.74. The molecule has 0 aliphatic carbocycles. The summed E-state index contributed by atoms with van der Waals surface area (Å²) >= 11 is 1.31. The first kappa shape index (κ1) is 22.6. The van der Waals surface area contributed by atoms with Gasteiger partial charge in [0.2, 0.25) is 11.2 Å². The Bertz CT molecular complexity index is 1680. The maximum Gasteiger partial charge on any atom is 0.271 e. The Morgan fingerprint density at radius 3 is 2.14 bits per heavy atom. The third-order valence-corrected chi connectivity index (χ3v) is 6.90. The molecule has 5 rings (SSSR count). The number of benzene rings is 3. The fourth-order valence-electron chi connectivity index (χ4n) is 4.09. The van der Waals surface area contributed by atoms with E-state index in [9.17, 15) is 9.59 Å². The lowest BCUT2D eigenvalue weighted by Crippen LogP contribution is -2.26. The van der Waals surface area contributed by atoms with Crippen LogP contribution in [0.2, 0.25) is 0 Å². The number of fused-ring (bicyclic) bond motifs is 2. The average molecular weight is 487 g/mol. The lowest BCUT2D eigenvalue weighted by Gasteiger charge is -2.17. The number of nitrogens with zero attached hydrogens (tertiary/aromatic N) is 2. The Balaban J connectivity index is 1.94. The van der Waals surface area contributed by atoms with Crippen molar-refractivity contribution in [3.8, 4) is 34.3 Å². The lowest BCUT2D eigenvalue weighted by molar-refractivity contribution is 0.324. The van der Waals surface area contributed by atoms with Gasteiger partial charge in [0.15, 0.2) is 11.5 Å². The Morgan fingerprint density at radius 1 is 0.857 bits per heavy atom. The average Bonchev–Trinajstić information content (AvgIpc) is 2.88. The second kappa shape index (κ2) is 8.88. The standard InChI is InChI=1S/C27H22N2O5S/c1-15-9-11-17(12-10-15)29-25(16-13-19(32-2)24(34-4)20(14-16)33-3)28-26-22(27(29)31)23(30)18-7-5-6-8-21(18)35-26/h5-14H,1-4H3. The SMILES string of the molecule is COc1cc(-c2nc3sc4ccccc4c(=O)c3c(=O)n2-c2ccc(C)cc2)cc(OC)c1OC. The van der Waals surface area contributed by atoms with Gasteiger partial charge in [0.05, 0.1) is 27.0 Å². The van der Waals surface area contributed by atoms with Gasteiger partial charge in [0.1, 0.15) is 16.0 Å². The quantitative estimate of drug-likeness (QED) is 0.327. The van der Waals surface area contributed by atoms with Crippen LogP contribution in [0.1, 0.15) is 5.56 Å². The molecule has 0 amide bonds. The molecule has 0 saturated carbocycles. The van der Waals surface area contributed by atoms with E-state index >= 15 is 0 Å². The molecule has 0 aliphatic heterocycles. The molecule has 0 saturated heterocycles. The summed E-state index contributed by atoms with van der Waals surface area (Å²) in [5.74, 6) is 1.65. The maximum absolute atomic E-state index is 13.9. The van der Waals surface area contributed by atoms with E-state index in [0.29, 0.717) is 44.5 Å². The molecular formula is C27H22N2O5S. The summed E-state index contributed by atoms with van der Waals surface area (Å²) in [6.07, 6.45) is 0. The van der Waals surface area contributed by atoms with Gasteiger partial charge in [-0.1, -0.05) is 29.8 Å². The van der Waals surface area contributed by atoms with Crippen molar-refractivity contribution in [1.29, 1.82) is 0 Å². The van der Waals surface area contributed by atoms with E-state index in [1.165, 1.54) is 37.2 Å². The molecule has 176 valence electrons. The second-order valence-electron chi connectivity index (χ2n) is 7.93. The van der Waals surface area contributed by atoms with Crippen LogP contribution in [-0.2, 0) is 0 Å². The van der Waals surface area contributed by atoms with Crippen LogP contribution in [-0.4, -0.2) is 30.9 Å². The molecule has 7 nitrogen and oxygen atoms in total. The van der Waals surface area contributed by atoms with Crippen LogP contribution in [0.5, 0.6) is 17.2 Å². The zero-order chi connectivity index (χ0) is 24.7. The van der Waals surface area contributed by atoms with Gasteiger partial charge in [0.25, 0.3) is 5.56 Å². The third-order valence-electron chi connectivity index (χ3n) is 5.83. The summed E-state index contributed by atoms with van der Waals surface area (Å²) in [6, 6.07) is 18.2. The number of rotatable bonds is 5. The van der Waals surface area contributed by atoms with Gasteiger partial charge in [-0.05, 0) is 43.3 Å². The van der Waals surface area contributed by atoms with Gasteiger partial charge in [-0.2, -0.15) is 0 Å². The minimum Gasteiger partial charge on any atom is -0.493 e. The topological polar surface area (TPSA) is 79.7 Å². The molecule has 2 heterocycles. The maximum atomic E-state index is 13.9. The van der Waals surface area contributed by atoms with Crippen LogP contribution >= 0.6 is 11.3 Å². The predicted molar refractivity (Wildman–Crippen MR) is 139 cm³/mol. The number of aryl methyl sites for hydroxylation is 1. The molecule has 5 aromatic rings. The molecule has 8 heteroatoms. The van der Waals surface area contributed by atoms with Crippen LogP contribution in [0.15, 0.2) is 70.3 Å². The Hall–Kier alpha value is -4.17. The number of aromatic nitrogens is 2. The number of hydrogen-bond donors (Lipinski definition) is 0. The molecule has 0 unspecified atom stereocenters. The van der Waals surface area contributed by atoms with Crippen molar-refractivity contribution in [2.45, 2.75) is 6.92 Å². The van der Waals surface area contributed by atoms with E-state index in [1.54, 1.807) is 24.3 Å². The van der Waals surface area contributed by atoms with Crippen molar-refractivity contribution in [3.05, 3.63) is 86.8 Å². The van der Waals surface area contributed by atoms with Crippen molar-refractivity contribution < 1.29 is 14.2 Å². The summed E-state index contributed by atoms with van der Waals surface area (Å²) in [4.78, 5) is 32.5. The fourth-order valence-corrected chi connectivity index (χ4v) is 5.13. The van der Waals surface area contributed by atoms with E-state index in [1.807, 2.05) is 43.3 Å². The van der Waals surface area contributed by atoms with Crippen LogP contribution in [0, 0.1) is 6.92 Å². The second-order valence-corrected chi connectivity index (χ2v) is 8.96. The predicted octanol–water partition coefficient (Wildman–Crippen LogP) is 4.96. The van der Waals surface area contributed by atoms with Gasteiger partial charge in [0, 0.05) is 15.6 Å². The molecule has 0 atom stereocenters. The highest BCUT2D eigenvalue weighted by atomic mass is 32.1. The summed E-state index contributed by atoms with van der Waals surface area (Å²) in [5, 5.41) is 0.561. The first-order chi connectivity index (χ1) is 17.0. The van der Waals surface area contributed by atoms with Crippen molar-refractivity contribution in [2.24, 2.45) is 0 Å². The molecule has 0 N–H and O–H groups in total. The Labute approximate surface area is 204 Å². The first-order valence-electron chi connectivity index (χ1n) is 10.8. The van der Waals surface area contributed by atoms with Crippen molar-refractivity contribution in [3.63, 3.8) is 0 Å². The normalized spacial score (nSPS) is 11.1. The monoisotopic (exact) mass is 486 g/mol. The zero-order valence-corrected chi connectivity index (χ0v) is 20.4. The minimum absolute atomic E-state index is 0.0606. The van der Waals surface area contributed by atoms with E-state index in [0.717, 1.165) is 10.3 Å². The first-order valence-corrected chi connectivity index (χ1v) is 11.6. The molecular weight excluding hydrogens is 464 g/mol. The van der Waals surface area contributed by atoms with Gasteiger partial charge < -0.3 is 14.2 Å². The van der Waals surface area contributed by atoms with E-state index in [2.05, 4.69) is 0 Å². The van der Waals surface area contributed by atoms with Gasteiger partial charge in [-0.15, -0.1) is 11.3 Å². The molecule has 0 radical (unpaired) electrons. The number of hydrogen-bond acceptors (Lipinski definition) is 7. The van der Waals surface area contributed by atoms with Crippen LogP contribution in [0.3, 0.4) is 0 Å². The molecule has 3 aromatic carbocycles. The van der Waals surface area contributed by atoms with E-state index < -0.39 is 5.56 Å². The zero-order valence-electron chi connectivity index (χ0n) is 19.6. The Morgan fingerprint density at radius 2 is 1.51 bits per heavy atom. The highest BCUT2D eigenvalue weighted by molar-refractivity contribution is 7.24. The molecule has 35 heavy (non-hydrogen) atoms.